The Bertz CT molecular complexity index is 1070. The summed E-state index contributed by atoms with van der Waals surface area (Å²) in [4.78, 5) is 6.80. The molecule has 0 saturated heterocycles. The normalized spacial score (nSPS) is 10.9. The second-order valence-electron chi connectivity index (χ2n) is 6.60. The lowest BCUT2D eigenvalue weighted by molar-refractivity contribution is 0.311. The largest absolute Gasteiger partial charge is 0.494 e. The number of fused-ring (bicyclic) bond motifs is 1. The third-order valence-corrected chi connectivity index (χ3v) is 5.55. The van der Waals surface area contributed by atoms with Crippen LogP contribution >= 0.6 is 11.8 Å². The summed E-state index contributed by atoms with van der Waals surface area (Å²) < 4.78 is 5.95. The third kappa shape index (κ3) is 4.65. The number of nitrogens with two attached hydrogens (primary N) is 1. The van der Waals surface area contributed by atoms with E-state index in [1.807, 2.05) is 48.7 Å². The molecule has 0 atom stereocenters. The van der Waals surface area contributed by atoms with Gasteiger partial charge in [-0.05, 0) is 54.8 Å². The Balaban J connectivity index is 1.43. The molecule has 28 heavy (non-hydrogen) atoms. The van der Waals surface area contributed by atoms with Gasteiger partial charge in [-0.15, -0.1) is 0 Å². The summed E-state index contributed by atoms with van der Waals surface area (Å²) in [6.45, 7) is 0.693. The molecule has 3 aromatic carbocycles. The first-order valence-electron chi connectivity index (χ1n) is 9.37. The van der Waals surface area contributed by atoms with Crippen molar-refractivity contribution in [3.63, 3.8) is 0 Å². The summed E-state index contributed by atoms with van der Waals surface area (Å²) in [6, 6.07) is 26.6. The molecule has 0 aliphatic carbocycles. The number of ether oxygens (including phenoxy) is 1. The molecule has 140 valence electrons. The molecule has 1 heterocycles. The fraction of sp³-hybridized carbons (Fsp3) is 0.125. The van der Waals surface area contributed by atoms with Crippen molar-refractivity contribution in [3.8, 4) is 5.75 Å². The lowest BCUT2D eigenvalue weighted by Crippen LogP contribution is -1.99. The topological polar surface area (TPSA) is 48.1 Å². The van der Waals surface area contributed by atoms with Crippen molar-refractivity contribution >= 4 is 28.4 Å². The Labute approximate surface area is 169 Å². The highest BCUT2D eigenvalue weighted by Crippen LogP contribution is 2.34. The van der Waals surface area contributed by atoms with E-state index in [0.29, 0.717) is 6.61 Å². The Morgan fingerprint density at radius 2 is 1.79 bits per heavy atom. The van der Waals surface area contributed by atoms with Crippen LogP contribution in [0.4, 0.5) is 5.69 Å². The van der Waals surface area contributed by atoms with E-state index in [9.17, 15) is 0 Å². The maximum absolute atomic E-state index is 5.95. The SMILES string of the molecule is Nc1cccc(Sc2ccnc3cc(OCCCc4ccccc4)ccc23)c1. The Hall–Kier alpha value is -2.98. The number of hydrogen-bond donors (Lipinski definition) is 1. The van der Waals surface area contributed by atoms with Crippen molar-refractivity contribution in [2.45, 2.75) is 22.6 Å². The summed E-state index contributed by atoms with van der Waals surface area (Å²) in [7, 11) is 0. The summed E-state index contributed by atoms with van der Waals surface area (Å²) >= 11 is 1.70. The number of anilines is 1. The van der Waals surface area contributed by atoms with Crippen LogP contribution in [0, 0.1) is 0 Å². The van der Waals surface area contributed by atoms with Crippen LogP contribution in [0.2, 0.25) is 0 Å². The average molecular weight is 387 g/mol. The molecule has 0 bridgehead atoms. The van der Waals surface area contributed by atoms with Gasteiger partial charge in [-0.3, -0.25) is 4.98 Å². The van der Waals surface area contributed by atoms with Crippen LogP contribution in [-0.2, 0) is 6.42 Å². The molecule has 0 saturated carbocycles. The first kappa shape index (κ1) is 18.4. The Morgan fingerprint density at radius 3 is 2.64 bits per heavy atom. The van der Waals surface area contributed by atoms with Gasteiger partial charge in [-0.2, -0.15) is 0 Å². The standard InChI is InChI=1S/C24H22N2OS/c25-19-9-4-10-21(16-19)28-24-13-14-26-23-17-20(11-12-22(23)24)27-15-5-8-18-6-2-1-3-7-18/h1-4,6-7,9-14,16-17H,5,8,15,25H2. The minimum atomic E-state index is 0.693. The van der Waals surface area contributed by atoms with Crippen molar-refractivity contribution in [2.24, 2.45) is 0 Å². The van der Waals surface area contributed by atoms with Crippen LogP contribution in [0.3, 0.4) is 0 Å². The number of nitrogens with zero attached hydrogens (tertiary/aromatic N) is 1. The number of benzene rings is 3. The zero-order valence-electron chi connectivity index (χ0n) is 15.5. The molecule has 4 heteroatoms. The number of hydrogen-bond acceptors (Lipinski definition) is 4. The molecule has 0 aliphatic heterocycles. The van der Waals surface area contributed by atoms with Crippen LogP contribution < -0.4 is 10.5 Å². The van der Waals surface area contributed by atoms with Crippen molar-refractivity contribution in [2.75, 3.05) is 12.3 Å². The summed E-state index contributed by atoms with van der Waals surface area (Å²) in [5.74, 6) is 0.860. The number of nitrogen functional groups attached to an aromatic ring is 1. The maximum atomic E-state index is 5.95. The molecule has 0 amide bonds. The van der Waals surface area contributed by atoms with Gasteiger partial charge in [0.1, 0.15) is 5.75 Å². The highest BCUT2D eigenvalue weighted by atomic mass is 32.2. The van der Waals surface area contributed by atoms with E-state index in [0.717, 1.165) is 45.0 Å². The highest BCUT2D eigenvalue weighted by molar-refractivity contribution is 7.99. The zero-order chi connectivity index (χ0) is 19.2. The molecule has 0 unspecified atom stereocenters. The molecule has 4 rings (SSSR count). The highest BCUT2D eigenvalue weighted by Gasteiger charge is 2.06. The van der Waals surface area contributed by atoms with Gasteiger partial charge in [0, 0.05) is 33.1 Å². The van der Waals surface area contributed by atoms with E-state index < -0.39 is 0 Å². The van der Waals surface area contributed by atoms with Crippen molar-refractivity contribution < 1.29 is 4.74 Å². The molecule has 3 nitrogen and oxygen atoms in total. The van der Waals surface area contributed by atoms with Gasteiger partial charge in [-0.1, -0.05) is 48.2 Å². The minimum absolute atomic E-state index is 0.693. The molecule has 4 aromatic rings. The molecule has 0 spiro atoms. The van der Waals surface area contributed by atoms with E-state index >= 15 is 0 Å². The summed E-state index contributed by atoms with van der Waals surface area (Å²) in [6.07, 6.45) is 3.85. The predicted octanol–water partition coefficient (Wildman–Crippen LogP) is 5.98. The van der Waals surface area contributed by atoms with Crippen LogP contribution in [0.5, 0.6) is 5.75 Å². The molecule has 2 N–H and O–H groups in total. The molecule has 1 aromatic heterocycles. The zero-order valence-corrected chi connectivity index (χ0v) is 16.4. The van der Waals surface area contributed by atoms with Crippen LogP contribution in [0.1, 0.15) is 12.0 Å². The summed E-state index contributed by atoms with van der Waals surface area (Å²) in [5, 5.41) is 1.12. The number of pyridine rings is 1. The van der Waals surface area contributed by atoms with Crippen LogP contribution in [0.25, 0.3) is 10.9 Å². The molecule has 0 fully saturated rings. The van der Waals surface area contributed by atoms with E-state index in [4.69, 9.17) is 10.5 Å². The first-order valence-corrected chi connectivity index (χ1v) is 10.2. The van der Waals surface area contributed by atoms with E-state index in [1.54, 1.807) is 11.8 Å². The van der Waals surface area contributed by atoms with Gasteiger partial charge in [0.25, 0.3) is 0 Å². The first-order chi connectivity index (χ1) is 13.8. The average Bonchev–Trinajstić information content (AvgIpc) is 2.72. The number of rotatable bonds is 7. The van der Waals surface area contributed by atoms with Gasteiger partial charge < -0.3 is 10.5 Å². The van der Waals surface area contributed by atoms with E-state index in [1.165, 1.54) is 5.56 Å². The second-order valence-corrected chi connectivity index (χ2v) is 7.72. The van der Waals surface area contributed by atoms with Gasteiger partial charge >= 0.3 is 0 Å². The van der Waals surface area contributed by atoms with E-state index in [2.05, 4.69) is 41.4 Å². The van der Waals surface area contributed by atoms with Gasteiger partial charge in [0.2, 0.25) is 0 Å². The minimum Gasteiger partial charge on any atom is -0.494 e. The lowest BCUT2D eigenvalue weighted by Gasteiger charge is -2.10. The lowest BCUT2D eigenvalue weighted by atomic mass is 10.1. The molecular weight excluding hydrogens is 364 g/mol. The van der Waals surface area contributed by atoms with Crippen molar-refractivity contribution in [1.82, 2.24) is 4.98 Å². The number of aryl methyl sites for hydroxylation is 1. The fourth-order valence-electron chi connectivity index (χ4n) is 3.10. The van der Waals surface area contributed by atoms with Crippen molar-refractivity contribution in [1.29, 1.82) is 0 Å². The monoisotopic (exact) mass is 386 g/mol. The van der Waals surface area contributed by atoms with Gasteiger partial charge in [-0.25, -0.2) is 0 Å². The fourth-order valence-corrected chi connectivity index (χ4v) is 4.10. The van der Waals surface area contributed by atoms with Crippen LogP contribution in [-0.4, -0.2) is 11.6 Å². The quantitative estimate of drug-likeness (QED) is 0.313. The third-order valence-electron chi connectivity index (χ3n) is 4.48. The second kappa shape index (κ2) is 8.81. The smallest absolute Gasteiger partial charge is 0.121 e. The van der Waals surface area contributed by atoms with Gasteiger partial charge in [0.05, 0.1) is 12.1 Å². The molecule has 0 radical (unpaired) electrons. The van der Waals surface area contributed by atoms with Gasteiger partial charge in [0.15, 0.2) is 0 Å². The maximum Gasteiger partial charge on any atom is 0.121 e. The Morgan fingerprint density at radius 1 is 0.893 bits per heavy atom. The summed E-state index contributed by atoms with van der Waals surface area (Å²) in [5.41, 5.74) is 8.95. The number of aromatic nitrogens is 1. The van der Waals surface area contributed by atoms with Crippen molar-refractivity contribution in [3.05, 3.63) is 90.6 Å². The molecular formula is C24H22N2OS. The van der Waals surface area contributed by atoms with Crippen LogP contribution in [0.15, 0.2) is 94.9 Å². The van der Waals surface area contributed by atoms with E-state index in [-0.39, 0.29) is 0 Å². The molecule has 0 aliphatic rings. The predicted molar refractivity (Wildman–Crippen MR) is 117 cm³/mol. The Kier molecular flexibility index (Phi) is 5.78.